The molecule has 0 aromatic heterocycles. The Labute approximate surface area is 133 Å². The molecule has 0 radical (unpaired) electrons. The topological polar surface area (TPSA) is 49.9 Å². The molecule has 1 atom stereocenters. The summed E-state index contributed by atoms with van der Waals surface area (Å²) in [5.74, 6) is 0.834. The van der Waals surface area contributed by atoms with E-state index in [9.17, 15) is 9.59 Å². The molecule has 2 heterocycles. The second kappa shape index (κ2) is 6.19. The fraction of sp³-hybridized carbons (Fsp3) is 0.882. The van der Waals surface area contributed by atoms with Gasteiger partial charge in [0, 0.05) is 19.5 Å². The molecule has 5 heteroatoms. The molecule has 1 aliphatic carbocycles. The van der Waals surface area contributed by atoms with Crippen molar-refractivity contribution in [1.29, 1.82) is 0 Å². The van der Waals surface area contributed by atoms with E-state index in [1.165, 1.54) is 0 Å². The van der Waals surface area contributed by atoms with Crippen molar-refractivity contribution in [1.82, 2.24) is 9.80 Å². The minimum atomic E-state index is -0.514. The highest BCUT2D eigenvalue weighted by molar-refractivity contribution is 5.89. The first-order valence-electron chi connectivity index (χ1n) is 8.82. The van der Waals surface area contributed by atoms with Crippen LogP contribution in [0.15, 0.2) is 0 Å². The average molecular weight is 308 g/mol. The molecule has 0 aromatic carbocycles. The van der Waals surface area contributed by atoms with Crippen LogP contribution in [0.4, 0.5) is 0 Å². The summed E-state index contributed by atoms with van der Waals surface area (Å²) < 4.78 is 6.12. The molecule has 3 rings (SSSR count). The smallest absolute Gasteiger partial charge is 0.247 e. The molecule has 0 aromatic rings. The third-order valence-corrected chi connectivity index (χ3v) is 5.59. The van der Waals surface area contributed by atoms with Crippen molar-refractivity contribution in [2.75, 3.05) is 19.7 Å². The Morgan fingerprint density at radius 1 is 1.18 bits per heavy atom. The van der Waals surface area contributed by atoms with Crippen LogP contribution in [-0.2, 0) is 14.3 Å². The highest BCUT2D eigenvalue weighted by Gasteiger charge is 2.53. The van der Waals surface area contributed by atoms with Crippen LogP contribution in [0.3, 0.4) is 0 Å². The van der Waals surface area contributed by atoms with E-state index in [0.717, 1.165) is 51.6 Å². The normalized spacial score (nSPS) is 35.4. The van der Waals surface area contributed by atoms with Crippen molar-refractivity contribution < 1.29 is 14.3 Å². The van der Waals surface area contributed by atoms with Crippen LogP contribution in [0.2, 0.25) is 0 Å². The summed E-state index contributed by atoms with van der Waals surface area (Å²) in [6.45, 7) is 6.15. The van der Waals surface area contributed by atoms with Gasteiger partial charge in [-0.05, 0) is 44.4 Å². The molecule has 124 valence electrons. The molecule has 3 fully saturated rings. The van der Waals surface area contributed by atoms with Gasteiger partial charge >= 0.3 is 0 Å². The highest BCUT2D eigenvalue weighted by Crippen LogP contribution is 2.43. The molecule has 5 nitrogen and oxygen atoms in total. The van der Waals surface area contributed by atoms with Gasteiger partial charge in [-0.15, -0.1) is 0 Å². The molecule has 1 spiro atoms. The van der Waals surface area contributed by atoms with E-state index in [-0.39, 0.29) is 11.8 Å². The summed E-state index contributed by atoms with van der Waals surface area (Å²) in [5.41, 5.74) is -0.514. The van der Waals surface area contributed by atoms with Crippen molar-refractivity contribution >= 4 is 11.8 Å². The van der Waals surface area contributed by atoms with E-state index in [1.54, 1.807) is 0 Å². The molecule has 1 saturated carbocycles. The number of rotatable bonds is 2. The number of hydrogen-bond acceptors (Lipinski definition) is 3. The lowest BCUT2D eigenvalue weighted by atomic mass is 9.83. The Hall–Kier alpha value is -1.10. The molecule has 3 aliphatic rings. The third-order valence-electron chi connectivity index (χ3n) is 5.59. The first kappa shape index (κ1) is 15.8. The largest absolute Gasteiger partial charge is 0.353 e. The van der Waals surface area contributed by atoms with Gasteiger partial charge in [-0.3, -0.25) is 14.5 Å². The van der Waals surface area contributed by atoms with Crippen LogP contribution < -0.4 is 0 Å². The molecule has 22 heavy (non-hydrogen) atoms. The standard InChI is InChI=1S/C17H28N2O3/c1-3-15(20)19-14(16(21)18-10-4-5-11-18)12-22-17(19)8-6-13(2)7-9-17/h13-14H,3-12H2,1-2H3. The van der Waals surface area contributed by atoms with Gasteiger partial charge in [-0.25, -0.2) is 0 Å². The zero-order valence-electron chi connectivity index (χ0n) is 13.8. The Morgan fingerprint density at radius 3 is 2.41 bits per heavy atom. The predicted octanol–water partition coefficient (Wildman–Crippen LogP) is 2.15. The average Bonchev–Trinajstić information content (AvgIpc) is 3.17. The second-order valence-electron chi connectivity index (χ2n) is 7.11. The quantitative estimate of drug-likeness (QED) is 0.785. The first-order valence-corrected chi connectivity index (χ1v) is 8.82. The van der Waals surface area contributed by atoms with Crippen LogP contribution in [-0.4, -0.2) is 53.1 Å². The number of hydrogen-bond donors (Lipinski definition) is 0. The van der Waals surface area contributed by atoms with Gasteiger partial charge in [0.1, 0.15) is 11.8 Å². The number of likely N-dealkylation sites (tertiary alicyclic amines) is 1. The van der Waals surface area contributed by atoms with E-state index in [2.05, 4.69) is 6.92 Å². The van der Waals surface area contributed by atoms with E-state index in [1.807, 2.05) is 16.7 Å². The fourth-order valence-electron chi connectivity index (χ4n) is 4.16. The molecule has 1 unspecified atom stereocenters. The fourth-order valence-corrected chi connectivity index (χ4v) is 4.16. The molecule has 2 amide bonds. The SMILES string of the molecule is CCC(=O)N1C(C(=O)N2CCCC2)COC12CCC(C)CC2. The highest BCUT2D eigenvalue weighted by atomic mass is 16.5. The van der Waals surface area contributed by atoms with Gasteiger partial charge < -0.3 is 9.64 Å². The van der Waals surface area contributed by atoms with Crippen molar-refractivity contribution in [2.24, 2.45) is 5.92 Å². The van der Waals surface area contributed by atoms with E-state index >= 15 is 0 Å². The number of amides is 2. The van der Waals surface area contributed by atoms with Crippen molar-refractivity contribution in [3.63, 3.8) is 0 Å². The summed E-state index contributed by atoms with van der Waals surface area (Å²) >= 11 is 0. The van der Waals surface area contributed by atoms with Crippen LogP contribution in [0.1, 0.15) is 58.8 Å². The Bertz CT molecular complexity index is 437. The van der Waals surface area contributed by atoms with Gasteiger partial charge in [0.2, 0.25) is 11.8 Å². The maximum atomic E-state index is 12.8. The maximum absolute atomic E-state index is 12.8. The van der Waals surface area contributed by atoms with Gasteiger partial charge in [0.05, 0.1) is 6.61 Å². The molecule has 2 saturated heterocycles. The van der Waals surface area contributed by atoms with E-state index in [0.29, 0.717) is 18.9 Å². The zero-order valence-corrected chi connectivity index (χ0v) is 13.8. The van der Waals surface area contributed by atoms with Crippen molar-refractivity contribution in [2.45, 2.75) is 70.6 Å². The van der Waals surface area contributed by atoms with Gasteiger partial charge in [-0.2, -0.15) is 0 Å². The lowest BCUT2D eigenvalue weighted by Gasteiger charge is -2.43. The zero-order chi connectivity index (χ0) is 15.7. The number of nitrogens with zero attached hydrogens (tertiary/aromatic N) is 2. The Kier molecular flexibility index (Phi) is 4.44. The number of carbonyl (C=O) groups is 2. The third kappa shape index (κ3) is 2.64. The first-order chi connectivity index (χ1) is 10.6. The van der Waals surface area contributed by atoms with Crippen LogP contribution in [0.5, 0.6) is 0 Å². The monoisotopic (exact) mass is 308 g/mol. The molecular formula is C17H28N2O3. The minimum absolute atomic E-state index is 0.0598. The number of carbonyl (C=O) groups excluding carboxylic acids is 2. The number of ether oxygens (including phenoxy) is 1. The Morgan fingerprint density at radius 2 is 1.82 bits per heavy atom. The summed E-state index contributed by atoms with van der Waals surface area (Å²) in [4.78, 5) is 29.1. The van der Waals surface area contributed by atoms with E-state index in [4.69, 9.17) is 4.74 Å². The van der Waals surface area contributed by atoms with Crippen molar-refractivity contribution in [3.05, 3.63) is 0 Å². The summed E-state index contributed by atoms with van der Waals surface area (Å²) in [7, 11) is 0. The predicted molar refractivity (Wildman–Crippen MR) is 83.1 cm³/mol. The molecule has 2 aliphatic heterocycles. The molecule has 0 N–H and O–H groups in total. The molecule has 0 bridgehead atoms. The lowest BCUT2D eigenvalue weighted by molar-refractivity contribution is -0.162. The minimum Gasteiger partial charge on any atom is -0.353 e. The van der Waals surface area contributed by atoms with Crippen LogP contribution >= 0.6 is 0 Å². The Balaban J connectivity index is 1.81. The molecular weight excluding hydrogens is 280 g/mol. The summed E-state index contributed by atoms with van der Waals surface area (Å²) in [5, 5.41) is 0. The summed E-state index contributed by atoms with van der Waals surface area (Å²) in [6.07, 6.45) is 6.45. The summed E-state index contributed by atoms with van der Waals surface area (Å²) in [6, 6.07) is -0.404. The second-order valence-corrected chi connectivity index (χ2v) is 7.11. The van der Waals surface area contributed by atoms with Gasteiger partial charge in [0.25, 0.3) is 0 Å². The van der Waals surface area contributed by atoms with E-state index < -0.39 is 11.8 Å². The van der Waals surface area contributed by atoms with Crippen molar-refractivity contribution in [3.8, 4) is 0 Å². The lowest BCUT2D eigenvalue weighted by Crippen LogP contribution is -2.56. The maximum Gasteiger partial charge on any atom is 0.247 e. The van der Waals surface area contributed by atoms with Gasteiger partial charge in [-0.1, -0.05) is 13.8 Å². The van der Waals surface area contributed by atoms with Gasteiger partial charge in [0.15, 0.2) is 0 Å². The van der Waals surface area contributed by atoms with Crippen LogP contribution in [0.25, 0.3) is 0 Å². The van der Waals surface area contributed by atoms with Crippen LogP contribution in [0, 0.1) is 5.92 Å².